The van der Waals surface area contributed by atoms with Crippen molar-refractivity contribution in [3.63, 3.8) is 0 Å². The van der Waals surface area contributed by atoms with Crippen molar-refractivity contribution in [2.45, 2.75) is 38.3 Å². The maximum Gasteiger partial charge on any atom is 0.339 e. The van der Waals surface area contributed by atoms with Crippen molar-refractivity contribution in [3.05, 3.63) is 39.8 Å². The van der Waals surface area contributed by atoms with Crippen molar-refractivity contribution in [1.29, 1.82) is 0 Å². The fraction of sp³-hybridized carbons (Fsp3) is 0.421. The van der Waals surface area contributed by atoms with E-state index in [9.17, 15) is 15.0 Å². The van der Waals surface area contributed by atoms with Crippen LogP contribution in [0.2, 0.25) is 0 Å². The van der Waals surface area contributed by atoms with Crippen LogP contribution in [0.3, 0.4) is 0 Å². The Morgan fingerprint density at radius 1 is 1.27 bits per heavy atom. The molecule has 3 rings (SSSR count). The van der Waals surface area contributed by atoms with Gasteiger partial charge in [0.05, 0.1) is 19.8 Å². The van der Waals surface area contributed by atoms with Crippen molar-refractivity contribution in [2.24, 2.45) is 0 Å². The Labute approximate surface area is 156 Å². The fourth-order valence-corrected chi connectivity index (χ4v) is 4.85. The van der Waals surface area contributed by atoms with Gasteiger partial charge < -0.3 is 25.0 Å². The molecule has 1 aliphatic carbocycles. The van der Waals surface area contributed by atoms with Gasteiger partial charge in [0.1, 0.15) is 5.00 Å². The number of carboxylic acid groups (broad SMARTS) is 1. The summed E-state index contributed by atoms with van der Waals surface area (Å²) in [5.74, 6) is 0.0881. The lowest BCUT2D eigenvalue weighted by molar-refractivity contribution is 0.0695. The van der Waals surface area contributed by atoms with Crippen LogP contribution in [0.4, 0.5) is 5.00 Å². The number of benzene rings is 1. The zero-order valence-electron chi connectivity index (χ0n) is 15.3. The summed E-state index contributed by atoms with van der Waals surface area (Å²) in [7, 11) is 3.07. The summed E-state index contributed by atoms with van der Waals surface area (Å²) in [5.41, 5.74) is 1.55. The number of anilines is 1. The lowest BCUT2D eigenvalue weighted by atomic mass is 9.85. The van der Waals surface area contributed by atoms with Crippen LogP contribution in [0.1, 0.15) is 52.9 Å². The molecule has 2 aromatic rings. The number of methoxy groups -OCH3 is 2. The molecular formula is C19H23NO5S. The molecule has 6 nitrogen and oxygen atoms in total. The predicted octanol–water partition coefficient (Wildman–Crippen LogP) is 3.79. The average molecular weight is 377 g/mol. The molecule has 1 aromatic heterocycles. The van der Waals surface area contributed by atoms with Crippen LogP contribution in [0, 0.1) is 0 Å². The fourth-order valence-electron chi connectivity index (χ4n) is 3.46. The second-order valence-electron chi connectivity index (χ2n) is 6.95. The molecule has 3 N–H and O–H groups in total. The van der Waals surface area contributed by atoms with Gasteiger partial charge in [0.15, 0.2) is 17.7 Å². The molecular weight excluding hydrogens is 354 g/mol. The monoisotopic (exact) mass is 377 g/mol. The van der Waals surface area contributed by atoms with E-state index < -0.39 is 12.2 Å². The van der Waals surface area contributed by atoms with Gasteiger partial charge in [0.2, 0.25) is 0 Å². The zero-order chi connectivity index (χ0) is 19.1. The number of fused-ring (bicyclic) bond motifs is 1. The highest BCUT2D eigenvalue weighted by Crippen LogP contribution is 2.48. The Bertz CT molecular complexity index is 843. The number of hydrogen-bond donors (Lipinski definition) is 3. The average Bonchev–Trinajstić information content (AvgIpc) is 3.11. The zero-order valence-corrected chi connectivity index (χ0v) is 16.1. The van der Waals surface area contributed by atoms with Crippen LogP contribution in [0.5, 0.6) is 11.5 Å². The third kappa shape index (κ3) is 3.12. The third-order valence-electron chi connectivity index (χ3n) is 4.84. The van der Waals surface area contributed by atoms with E-state index in [1.54, 1.807) is 25.3 Å². The highest BCUT2D eigenvalue weighted by molar-refractivity contribution is 7.16. The molecule has 0 amide bonds. The molecule has 1 atom stereocenters. The minimum absolute atomic E-state index is 0.173. The standard InChI is InChI=1S/C19H23NO5S/c1-19(2)8-7-13-15(19)14(18(22)23)17(26-13)20-16(21)10-5-6-11(24-3)12(9-10)25-4/h5-6,9,16,20-21H,7-8H2,1-4H3,(H,22,23). The van der Waals surface area contributed by atoms with Gasteiger partial charge in [-0.05, 0) is 36.0 Å². The van der Waals surface area contributed by atoms with Gasteiger partial charge in [0, 0.05) is 10.4 Å². The van der Waals surface area contributed by atoms with E-state index in [-0.39, 0.29) is 11.0 Å². The normalized spacial score (nSPS) is 16.0. The van der Waals surface area contributed by atoms with Crippen molar-refractivity contribution in [1.82, 2.24) is 0 Å². The molecule has 0 fully saturated rings. The summed E-state index contributed by atoms with van der Waals surface area (Å²) in [4.78, 5) is 13.0. The molecule has 1 aliphatic rings. The van der Waals surface area contributed by atoms with E-state index in [0.717, 1.165) is 23.3 Å². The lowest BCUT2D eigenvalue weighted by Crippen LogP contribution is -2.18. The van der Waals surface area contributed by atoms with E-state index in [1.165, 1.54) is 18.4 Å². The second-order valence-corrected chi connectivity index (χ2v) is 8.06. The minimum atomic E-state index is -1.06. The van der Waals surface area contributed by atoms with E-state index >= 15 is 0 Å². The number of rotatable bonds is 6. The first-order chi connectivity index (χ1) is 12.3. The lowest BCUT2D eigenvalue weighted by Gasteiger charge is -2.20. The number of aliphatic hydroxyl groups is 1. The van der Waals surface area contributed by atoms with Crippen molar-refractivity contribution in [2.75, 3.05) is 19.5 Å². The Kier molecular flexibility index (Phi) is 4.86. The third-order valence-corrected chi connectivity index (χ3v) is 6.02. The number of aryl methyl sites for hydroxylation is 1. The van der Waals surface area contributed by atoms with Crippen LogP contribution >= 0.6 is 11.3 Å². The SMILES string of the molecule is COc1ccc(C(O)Nc2sc3c(c2C(=O)O)C(C)(C)CC3)cc1OC. The van der Waals surface area contributed by atoms with Gasteiger partial charge in [-0.1, -0.05) is 19.9 Å². The molecule has 1 aromatic carbocycles. The molecule has 0 bridgehead atoms. The van der Waals surface area contributed by atoms with Gasteiger partial charge in [0.25, 0.3) is 0 Å². The Morgan fingerprint density at radius 3 is 2.58 bits per heavy atom. The molecule has 1 heterocycles. The molecule has 0 spiro atoms. The minimum Gasteiger partial charge on any atom is -0.493 e. The summed E-state index contributed by atoms with van der Waals surface area (Å²) in [6, 6.07) is 5.08. The van der Waals surface area contributed by atoms with E-state index in [0.29, 0.717) is 22.1 Å². The van der Waals surface area contributed by atoms with Crippen LogP contribution < -0.4 is 14.8 Å². The molecule has 0 aliphatic heterocycles. The topological polar surface area (TPSA) is 88.0 Å². The Morgan fingerprint density at radius 2 is 1.96 bits per heavy atom. The summed E-state index contributed by atoms with van der Waals surface area (Å²) < 4.78 is 10.5. The summed E-state index contributed by atoms with van der Waals surface area (Å²) in [5, 5.41) is 23.8. The van der Waals surface area contributed by atoms with Gasteiger partial charge >= 0.3 is 5.97 Å². The van der Waals surface area contributed by atoms with Gasteiger partial charge in [-0.3, -0.25) is 0 Å². The quantitative estimate of drug-likeness (QED) is 0.664. The Balaban J connectivity index is 1.94. The van der Waals surface area contributed by atoms with Crippen LogP contribution in [-0.4, -0.2) is 30.4 Å². The van der Waals surface area contributed by atoms with Crippen LogP contribution in [0.15, 0.2) is 18.2 Å². The number of thiophene rings is 1. The second kappa shape index (κ2) is 6.81. The number of ether oxygens (including phenoxy) is 2. The van der Waals surface area contributed by atoms with Gasteiger partial charge in [-0.2, -0.15) is 0 Å². The summed E-state index contributed by atoms with van der Waals surface area (Å²) in [6.45, 7) is 4.12. The maximum atomic E-state index is 11.9. The number of aliphatic hydroxyl groups excluding tert-OH is 1. The molecule has 140 valence electrons. The number of aromatic carboxylic acids is 1. The number of carbonyl (C=O) groups is 1. The largest absolute Gasteiger partial charge is 0.493 e. The van der Waals surface area contributed by atoms with Crippen molar-refractivity contribution >= 4 is 22.3 Å². The van der Waals surface area contributed by atoms with Crippen LogP contribution in [0.25, 0.3) is 0 Å². The van der Waals surface area contributed by atoms with Gasteiger partial charge in [-0.25, -0.2) is 4.79 Å². The van der Waals surface area contributed by atoms with Gasteiger partial charge in [-0.15, -0.1) is 11.3 Å². The van der Waals surface area contributed by atoms with E-state index in [4.69, 9.17) is 9.47 Å². The number of hydrogen-bond acceptors (Lipinski definition) is 6. The number of nitrogens with one attached hydrogen (secondary N) is 1. The Hall–Kier alpha value is -2.25. The van der Waals surface area contributed by atoms with Crippen LogP contribution in [-0.2, 0) is 11.8 Å². The highest BCUT2D eigenvalue weighted by Gasteiger charge is 2.38. The molecule has 1 unspecified atom stereocenters. The van der Waals surface area contributed by atoms with E-state index in [2.05, 4.69) is 19.2 Å². The predicted molar refractivity (Wildman–Crippen MR) is 101 cm³/mol. The van der Waals surface area contributed by atoms with Crippen molar-refractivity contribution < 1.29 is 24.5 Å². The summed E-state index contributed by atoms with van der Waals surface area (Å²) >= 11 is 1.41. The summed E-state index contributed by atoms with van der Waals surface area (Å²) in [6.07, 6.45) is 0.740. The first kappa shape index (κ1) is 18.5. The molecule has 26 heavy (non-hydrogen) atoms. The number of carboxylic acids is 1. The maximum absolute atomic E-state index is 11.9. The van der Waals surface area contributed by atoms with E-state index in [1.807, 2.05) is 0 Å². The smallest absolute Gasteiger partial charge is 0.339 e. The first-order valence-electron chi connectivity index (χ1n) is 8.34. The first-order valence-corrected chi connectivity index (χ1v) is 9.16. The molecule has 0 saturated carbocycles. The highest BCUT2D eigenvalue weighted by atomic mass is 32.1. The molecule has 0 radical (unpaired) electrons. The van der Waals surface area contributed by atoms with Crippen molar-refractivity contribution in [3.8, 4) is 11.5 Å². The molecule has 0 saturated heterocycles. The molecule has 7 heteroatoms.